The number of carbonyl (C=O) groups excluding carboxylic acids is 1. The lowest BCUT2D eigenvalue weighted by Crippen LogP contribution is -2.33. The summed E-state index contributed by atoms with van der Waals surface area (Å²) >= 11 is 0. The van der Waals surface area contributed by atoms with Gasteiger partial charge in [0, 0.05) is 6.04 Å². The van der Waals surface area contributed by atoms with E-state index in [9.17, 15) is 4.79 Å². The minimum absolute atomic E-state index is 0.258. The van der Waals surface area contributed by atoms with E-state index < -0.39 is 0 Å². The average Bonchev–Trinajstić information content (AvgIpc) is 2.40. The van der Waals surface area contributed by atoms with Gasteiger partial charge in [-0.15, -0.1) is 0 Å². The van der Waals surface area contributed by atoms with E-state index in [1.54, 1.807) is 6.92 Å². The van der Waals surface area contributed by atoms with Crippen molar-refractivity contribution in [3.05, 3.63) is 12.2 Å². The number of alkyl carbamates (subject to hydrolysis) is 1. The van der Waals surface area contributed by atoms with Crippen molar-refractivity contribution in [2.75, 3.05) is 6.61 Å². The second-order valence-electron chi connectivity index (χ2n) is 2.50. The van der Waals surface area contributed by atoms with Gasteiger partial charge in [-0.05, 0) is 19.8 Å². The van der Waals surface area contributed by atoms with Gasteiger partial charge in [-0.1, -0.05) is 12.2 Å². The van der Waals surface area contributed by atoms with Crippen LogP contribution in [0.25, 0.3) is 0 Å². The zero-order valence-electron chi connectivity index (χ0n) is 6.67. The third-order valence-corrected chi connectivity index (χ3v) is 1.61. The van der Waals surface area contributed by atoms with Gasteiger partial charge in [-0.3, -0.25) is 0 Å². The van der Waals surface area contributed by atoms with Crippen LogP contribution in [0.3, 0.4) is 0 Å². The molecule has 1 aliphatic carbocycles. The van der Waals surface area contributed by atoms with E-state index in [2.05, 4.69) is 17.5 Å². The van der Waals surface area contributed by atoms with Gasteiger partial charge in [-0.25, -0.2) is 4.79 Å². The zero-order chi connectivity index (χ0) is 8.10. The summed E-state index contributed by atoms with van der Waals surface area (Å²) in [6.07, 6.45) is 5.69. The fourth-order valence-electron chi connectivity index (χ4n) is 1.07. The Kier molecular flexibility index (Phi) is 2.95. The molecule has 0 fully saturated rings. The first-order valence-electron chi connectivity index (χ1n) is 3.91. The Balaban J connectivity index is 2.15. The summed E-state index contributed by atoms with van der Waals surface area (Å²) in [5.41, 5.74) is 0. The van der Waals surface area contributed by atoms with Gasteiger partial charge in [0.2, 0.25) is 0 Å². The normalized spacial score (nSPS) is 16.8. The highest BCUT2D eigenvalue weighted by molar-refractivity contribution is 5.67. The SMILES string of the molecule is CCOC(=O)NC1CC=CC1. The van der Waals surface area contributed by atoms with Crippen LogP contribution in [0.15, 0.2) is 12.2 Å². The van der Waals surface area contributed by atoms with E-state index in [0.717, 1.165) is 12.8 Å². The number of ether oxygens (including phenoxy) is 1. The molecule has 0 aliphatic heterocycles. The van der Waals surface area contributed by atoms with E-state index in [0.29, 0.717) is 6.61 Å². The third kappa shape index (κ3) is 2.62. The Labute approximate surface area is 66.4 Å². The standard InChI is InChI=1S/C8H13NO2/c1-2-11-8(10)9-7-5-3-4-6-7/h3-4,7H,2,5-6H2,1H3,(H,9,10). The first-order valence-corrected chi connectivity index (χ1v) is 3.91. The Morgan fingerprint density at radius 3 is 2.82 bits per heavy atom. The van der Waals surface area contributed by atoms with Gasteiger partial charge in [0.25, 0.3) is 0 Å². The highest BCUT2D eigenvalue weighted by Crippen LogP contribution is 2.08. The number of hydrogen-bond acceptors (Lipinski definition) is 2. The second-order valence-corrected chi connectivity index (χ2v) is 2.50. The van der Waals surface area contributed by atoms with Crippen LogP contribution >= 0.6 is 0 Å². The maximum atomic E-state index is 10.8. The summed E-state index contributed by atoms with van der Waals surface area (Å²) in [6.45, 7) is 2.23. The predicted octanol–water partition coefficient (Wildman–Crippen LogP) is 1.45. The second kappa shape index (κ2) is 4.01. The van der Waals surface area contributed by atoms with E-state index >= 15 is 0 Å². The molecule has 0 spiro atoms. The molecule has 0 aromatic rings. The van der Waals surface area contributed by atoms with Gasteiger partial charge < -0.3 is 10.1 Å². The van der Waals surface area contributed by atoms with Gasteiger partial charge in [0.05, 0.1) is 6.61 Å². The molecule has 0 unspecified atom stereocenters. The zero-order valence-corrected chi connectivity index (χ0v) is 6.67. The smallest absolute Gasteiger partial charge is 0.407 e. The molecule has 0 aromatic carbocycles. The maximum absolute atomic E-state index is 10.8. The summed E-state index contributed by atoms with van der Waals surface area (Å²) in [5, 5.41) is 2.76. The van der Waals surface area contributed by atoms with E-state index in [1.165, 1.54) is 0 Å². The van der Waals surface area contributed by atoms with Crippen LogP contribution in [0, 0.1) is 0 Å². The Morgan fingerprint density at radius 2 is 2.27 bits per heavy atom. The molecule has 3 nitrogen and oxygen atoms in total. The molecule has 3 heteroatoms. The van der Waals surface area contributed by atoms with Crippen molar-refractivity contribution in [2.45, 2.75) is 25.8 Å². The summed E-state index contributed by atoms with van der Waals surface area (Å²) in [4.78, 5) is 10.8. The molecule has 1 rings (SSSR count). The van der Waals surface area contributed by atoms with Crippen molar-refractivity contribution in [1.29, 1.82) is 0 Å². The molecule has 1 N–H and O–H groups in total. The third-order valence-electron chi connectivity index (χ3n) is 1.61. The molecule has 1 aliphatic rings. The molecular formula is C8H13NO2. The van der Waals surface area contributed by atoms with Crippen LogP contribution in [-0.4, -0.2) is 18.7 Å². The summed E-state index contributed by atoms with van der Waals surface area (Å²) in [7, 11) is 0. The average molecular weight is 155 g/mol. The fraction of sp³-hybridized carbons (Fsp3) is 0.625. The van der Waals surface area contributed by atoms with Gasteiger partial charge >= 0.3 is 6.09 Å². The number of hydrogen-bond donors (Lipinski definition) is 1. The topological polar surface area (TPSA) is 38.3 Å². The van der Waals surface area contributed by atoms with Gasteiger partial charge in [0.15, 0.2) is 0 Å². The minimum atomic E-state index is -0.304. The first kappa shape index (κ1) is 8.11. The Bertz CT molecular complexity index is 157. The number of carbonyl (C=O) groups is 1. The van der Waals surface area contributed by atoms with Gasteiger partial charge in [0.1, 0.15) is 0 Å². The molecule has 0 saturated carbocycles. The van der Waals surface area contributed by atoms with Gasteiger partial charge in [-0.2, -0.15) is 0 Å². The molecule has 1 amide bonds. The molecule has 0 saturated heterocycles. The van der Waals surface area contributed by atoms with Crippen molar-refractivity contribution < 1.29 is 9.53 Å². The van der Waals surface area contributed by atoms with Crippen molar-refractivity contribution in [3.8, 4) is 0 Å². The summed E-state index contributed by atoms with van der Waals surface area (Å²) < 4.78 is 4.73. The lowest BCUT2D eigenvalue weighted by molar-refractivity contribution is 0.148. The summed E-state index contributed by atoms with van der Waals surface area (Å²) in [5.74, 6) is 0. The largest absolute Gasteiger partial charge is 0.450 e. The van der Waals surface area contributed by atoms with Crippen LogP contribution in [0.5, 0.6) is 0 Å². The van der Waals surface area contributed by atoms with Crippen LogP contribution in [0.2, 0.25) is 0 Å². The van der Waals surface area contributed by atoms with Crippen molar-refractivity contribution in [1.82, 2.24) is 5.32 Å². The molecule has 0 radical (unpaired) electrons. The lowest BCUT2D eigenvalue weighted by atomic mass is 10.2. The maximum Gasteiger partial charge on any atom is 0.407 e. The molecule has 0 bridgehead atoms. The van der Waals surface area contributed by atoms with E-state index in [1.807, 2.05) is 0 Å². The Morgan fingerprint density at radius 1 is 1.64 bits per heavy atom. The number of rotatable bonds is 2. The Hall–Kier alpha value is -0.990. The van der Waals surface area contributed by atoms with Crippen LogP contribution in [0.4, 0.5) is 4.79 Å². The molecular weight excluding hydrogens is 142 g/mol. The molecule has 0 heterocycles. The van der Waals surface area contributed by atoms with E-state index in [-0.39, 0.29) is 12.1 Å². The molecule has 11 heavy (non-hydrogen) atoms. The fourth-order valence-corrected chi connectivity index (χ4v) is 1.07. The lowest BCUT2D eigenvalue weighted by Gasteiger charge is -2.10. The number of amides is 1. The monoisotopic (exact) mass is 155 g/mol. The van der Waals surface area contributed by atoms with Crippen molar-refractivity contribution >= 4 is 6.09 Å². The van der Waals surface area contributed by atoms with Crippen molar-refractivity contribution in [2.24, 2.45) is 0 Å². The quantitative estimate of drug-likeness (QED) is 0.613. The van der Waals surface area contributed by atoms with Crippen molar-refractivity contribution in [3.63, 3.8) is 0 Å². The van der Waals surface area contributed by atoms with Crippen LogP contribution in [-0.2, 0) is 4.74 Å². The minimum Gasteiger partial charge on any atom is -0.450 e. The predicted molar refractivity (Wildman–Crippen MR) is 42.3 cm³/mol. The molecule has 62 valence electrons. The highest BCUT2D eigenvalue weighted by Gasteiger charge is 2.12. The van der Waals surface area contributed by atoms with Crippen LogP contribution < -0.4 is 5.32 Å². The molecule has 0 atom stereocenters. The highest BCUT2D eigenvalue weighted by atomic mass is 16.5. The molecule has 0 aromatic heterocycles. The van der Waals surface area contributed by atoms with Crippen LogP contribution in [0.1, 0.15) is 19.8 Å². The first-order chi connectivity index (χ1) is 5.33. The van der Waals surface area contributed by atoms with E-state index in [4.69, 9.17) is 4.74 Å². The summed E-state index contributed by atoms with van der Waals surface area (Å²) in [6, 6.07) is 0.258. The number of nitrogens with one attached hydrogen (secondary N) is 1.